The zero-order chi connectivity index (χ0) is 14.9. The molecule has 1 aromatic rings. The second-order valence-electron chi connectivity index (χ2n) is 6.10. The van der Waals surface area contributed by atoms with E-state index in [9.17, 15) is 4.79 Å². The van der Waals surface area contributed by atoms with Crippen LogP contribution in [0.25, 0.3) is 0 Å². The number of aromatic nitrogens is 2. The van der Waals surface area contributed by atoms with Crippen molar-refractivity contribution in [2.75, 3.05) is 13.1 Å². The average molecular weight is 342 g/mol. The smallest absolute Gasteiger partial charge is 0.227 e. The summed E-state index contributed by atoms with van der Waals surface area (Å²) in [6, 6.07) is 0. The molecule has 1 amide bonds. The first-order chi connectivity index (χ1) is 9.40. The maximum Gasteiger partial charge on any atom is 0.227 e. The Morgan fingerprint density at radius 1 is 1.50 bits per heavy atom. The lowest BCUT2D eigenvalue weighted by atomic mass is 9.99. The van der Waals surface area contributed by atoms with E-state index in [0.717, 1.165) is 35.4 Å². The maximum atomic E-state index is 12.5. The summed E-state index contributed by atoms with van der Waals surface area (Å²) in [6.07, 6.45) is 2.37. The summed E-state index contributed by atoms with van der Waals surface area (Å²) in [5, 5.41) is 4.49. The lowest BCUT2D eigenvalue weighted by Gasteiger charge is -2.32. The molecule has 0 bridgehead atoms. The number of nitrogens with zero attached hydrogens (tertiary/aromatic N) is 3. The van der Waals surface area contributed by atoms with E-state index in [4.69, 9.17) is 0 Å². The van der Waals surface area contributed by atoms with Crippen molar-refractivity contribution in [2.24, 2.45) is 11.8 Å². The summed E-state index contributed by atoms with van der Waals surface area (Å²) in [7, 11) is 0. The van der Waals surface area contributed by atoms with Crippen LogP contribution in [0, 0.1) is 25.7 Å². The standard InChI is InChI=1S/C15H24BrN3O/c1-10-6-5-7-18(8-10)15(20)11(2)9-19-13(4)14(16)12(3)17-19/h10-11H,5-9H2,1-4H3/t10-,11+/m0/s1. The zero-order valence-electron chi connectivity index (χ0n) is 12.8. The van der Waals surface area contributed by atoms with Gasteiger partial charge in [0.25, 0.3) is 0 Å². The number of hydrogen-bond acceptors (Lipinski definition) is 2. The molecule has 0 unspecified atom stereocenters. The summed E-state index contributed by atoms with van der Waals surface area (Å²) in [6.45, 7) is 10.7. The van der Waals surface area contributed by atoms with E-state index in [1.165, 1.54) is 6.42 Å². The number of carbonyl (C=O) groups excluding carboxylic acids is 1. The molecule has 0 radical (unpaired) electrons. The maximum absolute atomic E-state index is 12.5. The first-order valence-corrected chi connectivity index (χ1v) is 8.17. The highest BCUT2D eigenvalue weighted by molar-refractivity contribution is 9.10. The summed E-state index contributed by atoms with van der Waals surface area (Å²) >= 11 is 3.53. The topological polar surface area (TPSA) is 38.1 Å². The van der Waals surface area contributed by atoms with E-state index in [2.05, 4.69) is 28.0 Å². The van der Waals surface area contributed by atoms with Crippen LogP contribution in [-0.4, -0.2) is 33.7 Å². The van der Waals surface area contributed by atoms with Crippen LogP contribution >= 0.6 is 15.9 Å². The third-order valence-corrected chi connectivity index (χ3v) is 5.28. The van der Waals surface area contributed by atoms with Gasteiger partial charge >= 0.3 is 0 Å². The van der Waals surface area contributed by atoms with E-state index < -0.39 is 0 Å². The molecule has 112 valence electrons. The summed E-state index contributed by atoms with van der Waals surface area (Å²) in [5.41, 5.74) is 2.07. The van der Waals surface area contributed by atoms with Gasteiger partial charge in [0, 0.05) is 18.8 Å². The van der Waals surface area contributed by atoms with Crippen LogP contribution in [0.4, 0.5) is 0 Å². The van der Waals surface area contributed by atoms with E-state index in [1.54, 1.807) is 0 Å². The third-order valence-electron chi connectivity index (χ3n) is 4.13. The third kappa shape index (κ3) is 3.25. The molecule has 2 heterocycles. The van der Waals surface area contributed by atoms with Gasteiger partial charge in [0.15, 0.2) is 0 Å². The van der Waals surface area contributed by atoms with E-state index in [0.29, 0.717) is 12.5 Å². The molecule has 1 aliphatic heterocycles. The lowest BCUT2D eigenvalue weighted by Crippen LogP contribution is -2.42. The zero-order valence-corrected chi connectivity index (χ0v) is 14.4. The molecule has 0 aliphatic carbocycles. The van der Waals surface area contributed by atoms with Gasteiger partial charge in [0.2, 0.25) is 5.91 Å². The summed E-state index contributed by atoms with van der Waals surface area (Å²) in [5.74, 6) is 0.869. The molecule has 0 saturated carbocycles. The minimum Gasteiger partial charge on any atom is -0.342 e. The summed E-state index contributed by atoms with van der Waals surface area (Å²) < 4.78 is 2.98. The number of rotatable bonds is 3. The molecular weight excluding hydrogens is 318 g/mol. The van der Waals surface area contributed by atoms with Crippen LogP contribution in [0.3, 0.4) is 0 Å². The second kappa shape index (κ2) is 6.29. The van der Waals surface area contributed by atoms with Crippen molar-refractivity contribution < 1.29 is 4.79 Å². The first kappa shape index (κ1) is 15.5. The van der Waals surface area contributed by atoms with Crippen molar-refractivity contribution in [1.29, 1.82) is 0 Å². The quantitative estimate of drug-likeness (QED) is 0.846. The molecule has 20 heavy (non-hydrogen) atoms. The van der Waals surface area contributed by atoms with Crippen LogP contribution in [-0.2, 0) is 11.3 Å². The number of halogens is 1. The molecule has 2 rings (SSSR count). The fourth-order valence-electron chi connectivity index (χ4n) is 2.89. The normalized spacial score (nSPS) is 21.1. The van der Waals surface area contributed by atoms with Crippen molar-refractivity contribution in [3.8, 4) is 0 Å². The Morgan fingerprint density at radius 2 is 2.20 bits per heavy atom. The van der Waals surface area contributed by atoms with Gasteiger partial charge in [-0.15, -0.1) is 0 Å². The number of hydrogen-bond donors (Lipinski definition) is 0. The van der Waals surface area contributed by atoms with Gasteiger partial charge in [0.05, 0.1) is 22.6 Å². The Morgan fingerprint density at radius 3 is 2.75 bits per heavy atom. The van der Waals surface area contributed by atoms with Gasteiger partial charge in [-0.05, 0) is 48.5 Å². The average Bonchev–Trinajstić information content (AvgIpc) is 2.65. The van der Waals surface area contributed by atoms with Crippen molar-refractivity contribution >= 4 is 21.8 Å². The van der Waals surface area contributed by atoms with Crippen molar-refractivity contribution in [3.05, 3.63) is 15.9 Å². The van der Waals surface area contributed by atoms with Crippen LogP contribution in [0.1, 0.15) is 38.1 Å². The van der Waals surface area contributed by atoms with Crippen LogP contribution < -0.4 is 0 Å². The Labute approximate surface area is 129 Å². The Hall–Kier alpha value is -0.840. The highest BCUT2D eigenvalue weighted by Crippen LogP contribution is 2.22. The molecule has 2 atom stereocenters. The Bertz CT molecular complexity index is 498. The molecule has 0 aromatic carbocycles. The number of amides is 1. The number of piperidine rings is 1. The number of likely N-dealkylation sites (tertiary alicyclic amines) is 1. The fourth-order valence-corrected chi connectivity index (χ4v) is 3.18. The summed E-state index contributed by atoms with van der Waals surface area (Å²) in [4.78, 5) is 14.6. The van der Waals surface area contributed by atoms with E-state index in [-0.39, 0.29) is 11.8 Å². The highest BCUT2D eigenvalue weighted by atomic mass is 79.9. The molecule has 4 nitrogen and oxygen atoms in total. The van der Waals surface area contributed by atoms with Gasteiger partial charge < -0.3 is 4.90 Å². The molecule has 1 saturated heterocycles. The van der Waals surface area contributed by atoms with Crippen molar-refractivity contribution in [3.63, 3.8) is 0 Å². The van der Waals surface area contributed by atoms with Crippen molar-refractivity contribution in [2.45, 2.75) is 47.1 Å². The van der Waals surface area contributed by atoms with Gasteiger partial charge in [-0.2, -0.15) is 5.10 Å². The highest BCUT2D eigenvalue weighted by Gasteiger charge is 2.25. The van der Waals surface area contributed by atoms with Crippen LogP contribution in [0.5, 0.6) is 0 Å². The molecule has 5 heteroatoms. The fraction of sp³-hybridized carbons (Fsp3) is 0.733. The second-order valence-corrected chi connectivity index (χ2v) is 6.89. The lowest BCUT2D eigenvalue weighted by molar-refractivity contribution is -0.137. The van der Waals surface area contributed by atoms with E-state index in [1.807, 2.05) is 30.4 Å². The van der Waals surface area contributed by atoms with Crippen LogP contribution in [0.15, 0.2) is 4.47 Å². The van der Waals surface area contributed by atoms with Crippen molar-refractivity contribution in [1.82, 2.24) is 14.7 Å². The predicted octanol–water partition coefficient (Wildman–Crippen LogP) is 3.16. The van der Waals surface area contributed by atoms with Gasteiger partial charge in [0.1, 0.15) is 0 Å². The molecule has 1 fully saturated rings. The number of aryl methyl sites for hydroxylation is 1. The molecule has 0 N–H and O–H groups in total. The Kier molecular flexibility index (Phi) is 4.89. The largest absolute Gasteiger partial charge is 0.342 e. The van der Waals surface area contributed by atoms with E-state index >= 15 is 0 Å². The monoisotopic (exact) mass is 341 g/mol. The van der Waals surface area contributed by atoms with Gasteiger partial charge in [-0.25, -0.2) is 0 Å². The molecule has 1 aromatic heterocycles. The Balaban J connectivity index is 2.02. The number of carbonyl (C=O) groups is 1. The molecule has 0 spiro atoms. The molecular formula is C15H24BrN3O. The minimum atomic E-state index is -0.0230. The molecule has 1 aliphatic rings. The predicted molar refractivity (Wildman–Crippen MR) is 83.5 cm³/mol. The first-order valence-electron chi connectivity index (χ1n) is 7.38. The van der Waals surface area contributed by atoms with Gasteiger partial charge in [-0.1, -0.05) is 13.8 Å². The van der Waals surface area contributed by atoms with Gasteiger partial charge in [-0.3, -0.25) is 9.48 Å². The van der Waals surface area contributed by atoms with Crippen LogP contribution in [0.2, 0.25) is 0 Å². The minimum absolute atomic E-state index is 0.0230. The SMILES string of the molecule is Cc1nn(C[C@@H](C)C(=O)N2CCC[C@H](C)C2)c(C)c1Br.